The van der Waals surface area contributed by atoms with E-state index in [1.807, 2.05) is 6.08 Å². The van der Waals surface area contributed by atoms with Crippen LogP contribution in [0, 0.1) is 0 Å². The van der Waals surface area contributed by atoms with E-state index < -0.39 is 0 Å². The highest BCUT2D eigenvalue weighted by Gasteiger charge is 2.10. The highest BCUT2D eigenvalue weighted by Crippen LogP contribution is 2.04. The summed E-state index contributed by atoms with van der Waals surface area (Å²) in [6, 6.07) is 0. The molecule has 0 aromatic rings. The Bertz CT molecular complexity index is 204. The molecule has 0 aliphatic carbocycles. The Balaban J connectivity index is 3.76. The van der Waals surface area contributed by atoms with Crippen LogP contribution in [0.3, 0.4) is 0 Å². The van der Waals surface area contributed by atoms with Gasteiger partial charge in [0.2, 0.25) is 0 Å². The number of halogens is 1. The van der Waals surface area contributed by atoms with E-state index >= 15 is 0 Å². The van der Waals surface area contributed by atoms with E-state index in [9.17, 15) is 4.79 Å². The minimum Gasteiger partial charge on any atom is -0.466 e. The highest BCUT2D eigenvalue weighted by molar-refractivity contribution is 9.09. The number of ether oxygens (including phenoxy) is 2. The van der Waals surface area contributed by atoms with Crippen molar-refractivity contribution < 1.29 is 14.3 Å². The molecule has 94 valence electrons. The zero-order valence-corrected chi connectivity index (χ0v) is 11.7. The molecule has 0 saturated heterocycles. The van der Waals surface area contributed by atoms with Crippen LogP contribution in [0.15, 0.2) is 12.2 Å². The number of methoxy groups -OCH3 is 1. The van der Waals surface area contributed by atoms with Gasteiger partial charge in [-0.25, -0.2) is 0 Å². The summed E-state index contributed by atoms with van der Waals surface area (Å²) >= 11 is 3.38. The summed E-state index contributed by atoms with van der Waals surface area (Å²) in [4.78, 5) is 11.2. The van der Waals surface area contributed by atoms with Crippen LogP contribution < -0.4 is 0 Å². The van der Waals surface area contributed by atoms with Crippen LogP contribution in [0.25, 0.3) is 0 Å². The second-order valence-electron chi connectivity index (χ2n) is 3.40. The Morgan fingerprint density at radius 1 is 1.44 bits per heavy atom. The van der Waals surface area contributed by atoms with Crippen molar-refractivity contribution in [2.45, 2.75) is 38.7 Å². The minimum absolute atomic E-state index is 0.164. The molecule has 0 rings (SSSR count). The van der Waals surface area contributed by atoms with Crippen LogP contribution in [-0.4, -0.2) is 31.1 Å². The molecule has 0 aliphatic rings. The molecule has 1 atom stereocenters. The molecule has 0 fully saturated rings. The Morgan fingerprint density at radius 2 is 2.19 bits per heavy atom. The maximum absolute atomic E-state index is 11.2. The van der Waals surface area contributed by atoms with Crippen molar-refractivity contribution in [2.24, 2.45) is 0 Å². The van der Waals surface area contributed by atoms with Crippen molar-refractivity contribution in [3.8, 4) is 0 Å². The molecule has 0 aromatic carbocycles. The maximum Gasteiger partial charge on any atom is 0.308 e. The van der Waals surface area contributed by atoms with Crippen LogP contribution >= 0.6 is 15.9 Å². The molecule has 0 amide bonds. The summed E-state index contributed by atoms with van der Waals surface area (Å²) in [5.74, 6) is -0.209. The van der Waals surface area contributed by atoms with Gasteiger partial charge in [0, 0.05) is 12.4 Å². The van der Waals surface area contributed by atoms with Crippen LogP contribution in [0.4, 0.5) is 0 Å². The standard InChI is InChI=1S/C12H21BrO3/c1-3-16-12(14)10-11(15-2)8-6-4-5-7-9-13/h6,8,11H,3-5,7,9-10H2,1-2H3/b8-6+/t11-/m1/s1. The lowest BCUT2D eigenvalue weighted by Gasteiger charge is -2.09. The average molecular weight is 293 g/mol. The van der Waals surface area contributed by atoms with Gasteiger partial charge in [0.05, 0.1) is 19.1 Å². The molecule has 16 heavy (non-hydrogen) atoms. The number of esters is 1. The number of allylic oxidation sites excluding steroid dienone is 1. The molecule has 0 aromatic heterocycles. The molecule has 0 aliphatic heterocycles. The first-order valence-corrected chi connectivity index (χ1v) is 6.77. The summed E-state index contributed by atoms with van der Waals surface area (Å²) in [6.07, 6.45) is 7.47. The van der Waals surface area contributed by atoms with Crippen LogP contribution in [-0.2, 0) is 14.3 Å². The molecule has 0 unspecified atom stereocenters. The van der Waals surface area contributed by atoms with Gasteiger partial charge in [0.1, 0.15) is 0 Å². The predicted molar refractivity (Wildman–Crippen MR) is 68.8 cm³/mol. The fraction of sp³-hybridized carbons (Fsp3) is 0.750. The number of carbonyl (C=O) groups excluding carboxylic acids is 1. The fourth-order valence-corrected chi connectivity index (χ4v) is 1.62. The van der Waals surface area contributed by atoms with Gasteiger partial charge in [-0.05, 0) is 26.2 Å². The third kappa shape index (κ3) is 8.92. The quantitative estimate of drug-likeness (QED) is 0.284. The number of unbranched alkanes of at least 4 members (excludes halogenated alkanes) is 2. The van der Waals surface area contributed by atoms with E-state index in [0.717, 1.165) is 18.2 Å². The van der Waals surface area contributed by atoms with E-state index in [-0.39, 0.29) is 12.1 Å². The second-order valence-corrected chi connectivity index (χ2v) is 4.19. The molecule has 4 heteroatoms. The third-order valence-corrected chi connectivity index (χ3v) is 2.64. The Morgan fingerprint density at radius 3 is 2.75 bits per heavy atom. The number of alkyl halides is 1. The van der Waals surface area contributed by atoms with E-state index in [1.165, 1.54) is 6.42 Å². The Kier molecular flexibility index (Phi) is 10.9. The monoisotopic (exact) mass is 292 g/mol. The first kappa shape index (κ1) is 15.7. The van der Waals surface area contributed by atoms with Crippen LogP contribution in [0.2, 0.25) is 0 Å². The first-order chi connectivity index (χ1) is 7.74. The number of hydrogen-bond donors (Lipinski definition) is 0. The predicted octanol–water partition coefficient (Wildman–Crippen LogP) is 3.08. The summed E-state index contributed by atoms with van der Waals surface area (Å²) in [5, 5.41) is 1.04. The smallest absolute Gasteiger partial charge is 0.308 e. The minimum atomic E-state index is -0.209. The van der Waals surface area contributed by atoms with E-state index in [2.05, 4.69) is 22.0 Å². The lowest BCUT2D eigenvalue weighted by Crippen LogP contribution is -2.15. The van der Waals surface area contributed by atoms with Gasteiger partial charge in [-0.1, -0.05) is 28.1 Å². The zero-order valence-electron chi connectivity index (χ0n) is 10.1. The molecule has 3 nitrogen and oxygen atoms in total. The van der Waals surface area contributed by atoms with Crippen molar-refractivity contribution in [1.82, 2.24) is 0 Å². The largest absolute Gasteiger partial charge is 0.466 e. The van der Waals surface area contributed by atoms with E-state index in [0.29, 0.717) is 13.0 Å². The first-order valence-electron chi connectivity index (χ1n) is 5.65. The summed E-state index contributed by atoms with van der Waals surface area (Å²) in [5.41, 5.74) is 0. The molecule has 0 heterocycles. The topological polar surface area (TPSA) is 35.5 Å². The number of rotatable bonds is 9. The number of carbonyl (C=O) groups is 1. The van der Waals surface area contributed by atoms with E-state index in [4.69, 9.17) is 9.47 Å². The summed E-state index contributed by atoms with van der Waals surface area (Å²) < 4.78 is 10.0. The van der Waals surface area contributed by atoms with Crippen molar-refractivity contribution in [1.29, 1.82) is 0 Å². The third-order valence-electron chi connectivity index (χ3n) is 2.08. The molecular weight excluding hydrogens is 272 g/mol. The van der Waals surface area contributed by atoms with Gasteiger partial charge < -0.3 is 9.47 Å². The second kappa shape index (κ2) is 11.1. The molecular formula is C12H21BrO3. The maximum atomic E-state index is 11.2. The lowest BCUT2D eigenvalue weighted by atomic mass is 10.2. The van der Waals surface area contributed by atoms with Crippen LogP contribution in [0.1, 0.15) is 32.6 Å². The summed E-state index contributed by atoms with van der Waals surface area (Å²) in [6.45, 7) is 2.22. The van der Waals surface area contributed by atoms with Gasteiger partial charge in [-0.3, -0.25) is 4.79 Å². The fourth-order valence-electron chi connectivity index (χ4n) is 1.22. The van der Waals surface area contributed by atoms with Crippen LogP contribution in [0.5, 0.6) is 0 Å². The highest BCUT2D eigenvalue weighted by atomic mass is 79.9. The summed E-state index contributed by atoms with van der Waals surface area (Å²) in [7, 11) is 1.60. The van der Waals surface area contributed by atoms with Crippen molar-refractivity contribution in [3.63, 3.8) is 0 Å². The van der Waals surface area contributed by atoms with E-state index in [1.54, 1.807) is 14.0 Å². The zero-order chi connectivity index (χ0) is 12.2. The number of hydrogen-bond acceptors (Lipinski definition) is 3. The Labute approximate surface area is 106 Å². The molecule has 0 radical (unpaired) electrons. The van der Waals surface area contributed by atoms with Gasteiger partial charge in [-0.15, -0.1) is 0 Å². The van der Waals surface area contributed by atoms with Gasteiger partial charge >= 0.3 is 5.97 Å². The SMILES string of the molecule is CCOC(=O)C[C@@H](/C=C/CCCCBr)OC. The van der Waals surface area contributed by atoms with Gasteiger partial charge in [0.15, 0.2) is 0 Å². The molecule has 0 spiro atoms. The molecule has 0 saturated carbocycles. The Hall–Kier alpha value is -0.350. The molecule has 0 N–H and O–H groups in total. The van der Waals surface area contributed by atoms with Crippen molar-refractivity contribution >= 4 is 21.9 Å². The normalized spacial score (nSPS) is 12.9. The molecule has 0 bridgehead atoms. The van der Waals surface area contributed by atoms with Gasteiger partial charge in [-0.2, -0.15) is 0 Å². The lowest BCUT2D eigenvalue weighted by molar-refractivity contribution is -0.145. The van der Waals surface area contributed by atoms with Crippen molar-refractivity contribution in [3.05, 3.63) is 12.2 Å². The van der Waals surface area contributed by atoms with Crippen molar-refractivity contribution in [2.75, 3.05) is 19.0 Å². The van der Waals surface area contributed by atoms with Gasteiger partial charge in [0.25, 0.3) is 0 Å². The average Bonchev–Trinajstić information content (AvgIpc) is 2.27.